The zero-order chi connectivity index (χ0) is 27.6. The van der Waals surface area contributed by atoms with Crippen LogP contribution >= 0.6 is 0 Å². The first-order valence-corrected chi connectivity index (χ1v) is 12.2. The second-order valence-corrected chi connectivity index (χ2v) is 9.50. The van der Waals surface area contributed by atoms with E-state index >= 15 is 0 Å². The maximum Gasteiger partial charge on any atom is 0.337 e. The van der Waals surface area contributed by atoms with Crippen molar-refractivity contribution in [2.45, 2.75) is 56.1 Å². The largest absolute Gasteiger partial charge is 0.472 e. The van der Waals surface area contributed by atoms with Gasteiger partial charge in [-0.05, 0) is 17.6 Å². The molecular formula is C26H32O12. The molecule has 0 aromatic heterocycles. The van der Waals surface area contributed by atoms with E-state index in [1.54, 1.807) is 25.1 Å². The molecule has 12 heteroatoms. The Morgan fingerprint density at radius 3 is 2.37 bits per heavy atom. The van der Waals surface area contributed by atoms with Gasteiger partial charge in [-0.15, -0.1) is 0 Å². The standard InChI is InChI=1S/C26H32O12/c1-12-17-18(23(19(12)29)37-16(28)9-8-13-6-4-3-5-7-13)14(24(33)34-2)11-35-25(17)38-26-22(32)21(31)20(30)15(10-27)36-26/h3-9,11-12,15,17-23,25-27,29-32H,10H2,1-2H3/t12-,15-,17-,18-,19-,20-,21+,22-,23+,25+,26+/m1/s1. The molecule has 11 atom stereocenters. The lowest BCUT2D eigenvalue weighted by atomic mass is 9.82. The summed E-state index contributed by atoms with van der Waals surface area (Å²) < 4.78 is 27.4. The number of aliphatic hydroxyl groups excluding tert-OH is 5. The van der Waals surface area contributed by atoms with Gasteiger partial charge in [-0.25, -0.2) is 9.59 Å². The number of hydrogen-bond donors (Lipinski definition) is 5. The number of ether oxygens (including phenoxy) is 5. The van der Waals surface area contributed by atoms with Crippen molar-refractivity contribution in [2.75, 3.05) is 13.7 Å². The van der Waals surface area contributed by atoms with E-state index < -0.39 is 85.5 Å². The van der Waals surface area contributed by atoms with Gasteiger partial charge in [-0.1, -0.05) is 37.3 Å². The molecule has 4 rings (SSSR count). The second kappa shape index (κ2) is 11.9. The SMILES string of the molecule is COC(=O)C1=CO[C@@H](O[C@@H]2O[C@H](CO)[C@@H](O)[C@H](O)[C@H]2O)[C@@H]2[C@@H](C)[C@@H](O)[C@@H](OC(=O)C=Cc3ccccc3)[C@H]12. The van der Waals surface area contributed by atoms with Gasteiger partial charge < -0.3 is 49.2 Å². The molecule has 2 heterocycles. The summed E-state index contributed by atoms with van der Waals surface area (Å²) in [5.74, 6) is -3.84. The maximum absolute atomic E-state index is 12.7. The molecule has 1 saturated carbocycles. The minimum Gasteiger partial charge on any atom is -0.472 e. The number of esters is 2. The molecule has 2 aliphatic heterocycles. The van der Waals surface area contributed by atoms with Gasteiger partial charge in [-0.3, -0.25) is 0 Å². The highest BCUT2D eigenvalue weighted by Gasteiger charge is 2.59. The summed E-state index contributed by atoms with van der Waals surface area (Å²) >= 11 is 0. The van der Waals surface area contributed by atoms with Crippen molar-refractivity contribution in [3.63, 3.8) is 0 Å². The predicted octanol–water partition coefficient (Wildman–Crippen LogP) is -0.916. The normalized spacial score (nSPS) is 38.7. The van der Waals surface area contributed by atoms with E-state index in [0.717, 1.165) is 11.8 Å². The Morgan fingerprint density at radius 2 is 1.71 bits per heavy atom. The number of rotatable bonds is 7. The highest BCUT2D eigenvalue weighted by molar-refractivity contribution is 5.90. The van der Waals surface area contributed by atoms with Gasteiger partial charge in [0.2, 0.25) is 6.29 Å². The van der Waals surface area contributed by atoms with E-state index in [0.29, 0.717) is 0 Å². The Bertz CT molecular complexity index is 1040. The van der Waals surface area contributed by atoms with Crippen LogP contribution in [-0.2, 0) is 33.3 Å². The smallest absolute Gasteiger partial charge is 0.337 e. The summed E-state index contributed by atoms with van der Waals surface area (Å²) in [7, 11) is 1.17. The monoisotopic (exact) mass is 536 g/mol. The van der Waals surface area contributed by atoms with Gasteiger partial charge in [0.1, 0.15) is 30.5 Å². The van der Waals surface area contributed by atoms with Crippen LogP contribution in [0.2, 0.25) is 0 Å². The summed E-state index contributed by atoms with van der Waals surface area (Å²) in [5, 5.41) is 51.1. The minimum atomic E-state index is -1.70. The van der Waals surface area contributed by atoms with Crippen LogP contribution in [0, 0.1) is 17.8 Å². The molecule has 3 aliphatic rings. The Hall–Kier alpha value is -2.84. The van der Waals surface area contributed by atoms with Crippen molar-refractivity contribution < 1.29 is 58.8 Å². The molecule has 1 saturated heterocycles. The molecule has 12 nitrogen and oxygen atoms in total. The molecule has 208 valence electrons. The van der Waals surface area contributed by atoms with Crippen LogP contribution < -0.4 is 0 Å². The highest BCUT2D eigenvalue weighted by atomic mass is 16.8. The number of carbonyl (C=O) groups excluding carboxylic acids is 2. The van der Waals surface area contributed by atoms with Gasteiger partial charge in [0.15, 0.2) is 6.29 Å². The van der Waals surface area contributed by atoms with Gasteiger partial charge >= 0.3 is 11.9 Å². The molecule has 2 fully saturated rings. The highest BCUT2D eigenvalue weighted by Crippen LogP contribution is 2.49. The summed E-state index contributed by atoms with van der Waals surface area (Å²) in [6.07, 6.45) is -7.48. The van der Waals surface area contributed by atoms with Crippen LogP contribution in [0.5, 0.6) is 0 Å². The molecule has 0 radical (unpaired) electrons. The van der Waals surface area contributed by atoms with E-state index in [9.17, 15) is 35.1 Å². The minimum absolute atomic E-state index is 0.0133. The lowest BCUT2D eigenvalue weighted by Crippen LogP contribution is -2.60. The van der Waals surface area contributed by atoms with Gasteiger partial charge in [0, 0.05) is 17.9 Å². The third-order valence-electron chi connectivity index (χ3n) is 7.26. The molecule has 5 N–H and O–H groups in total. The van der Waals surface area contributed by atoms with Gasteiger partial charge in [-0.2, -0.15) is 0 Å². The van der Waals surface area contributed by atoms with Crippen molar-refractivity contribution in [3.8, 4) is 0 Å². The second-order valence-electron chi connectivity index (χ2n) is 9.50. The first-order chi connectivity index (χ1) is 18.2. The first kappa shape index (κ1) is 28.2. The van der Waals surface area contributed by atoms with Crippen LogP contribution in [0.4, 0.5) is 0 Å². The maximum atomic E-state index is 12.7. The Kier molecular flexibility index (Phi) is 8.83. The molecule has 0 amide bonds. The van der Waals surface area contributed by atoms with Gasteiger partial charge in [0.25, 0.3) is 0 Å². The Balaban J connectivity index is 1.57. The van der Waals surface area contributed by atoms with E-state index in [1.807, 2.05) is 18.2 Å². The lowest BCUT2D eigenvalue weighted by Gasteiger charge is -2.43. The van der Waals surface area contributed by atoms with Crippen molar-refractivity contribution in [1.29, 1.82) is 0 Å². The summed E-state index contributed by atoms with van der Waals surface area (Å²) in [6, 6.07) is 9.04. The molecule has 1 aromatic rings. The van der Waals surface area contributed by atoms with Crippen LogP contribution in [0.3, 0.4) is 0 Å². The number of hydrogen-bond acceptors (Lipinski definition) is 12. The van der Waals surface area contributed by atoms with Gasteiger partial charge in [0.05, 0.1) is 31.7 Å². The van der Waals surface area contributed by atoms with E-state index in [-0.39, 0.29) is 5.57 Å². The molecule has 1 aromatic carbocycles. The van der Waals surface area contributed by atoms with E-state index in [1.165, 1.54) is 13.2 Å². The fourth-order valence-corrected chi connectivity index (χ4v) is 5.18. The number of carbonyl (C=O) groups is 2. The molecule has 0 unspecified atom stereocenters. The van der Waals surface area contributed by atoms with Crippen LogP contribution in [0.25, 0.3) is 6.08 Å². The zero-order valence-corrected chi connectivity index (χ0v) is 20.8. The average Bonchev–Trinajstić information content (AvgIpc) is 3.18. The average molecular weight is 537 g/mol. The summed E-state index contributed by atoms with van der Waals surface area (Å²) in [4.78, 5) is 25.2. The van der Waals surface area contributed by atoms with Crippen molar-refractivity contribution in [3.05, 3.63) is 53.8 Å². The van der Waals surface area contributed by atoms with Crippen LogP contribution in [0.1, 0.15) is 12.5 Å². The third kappa shape index (κ3) is 5.47. The fraction of sp³-hybridized carbons (Fsp3) is 0.538. The number of aliphatic hydroxyl groups is 5. The summed E-state index contributed by atoms with van der Waals surface area (Å²) in [5.41, 5.74) is 0.774. The Morgan fingerprint density at radius 1 is 1.00 bits per heavy atom. The molecular weight excluding hydrogens is 504 g/mol. The van der Waals surface area contributed by atoms with E-state index in [2.05, 4.69) is 0 Å². The van der Waals surface area contributed by atoms with Crippen molar-refractivity contribution in [1.82, 2.24) is 0 Å². The van der Waals surface area contributed by atoms with E-state index in [4.69, 9.17) is 23.7 Å². The van der Waals surface area contributed by atoms with Crippen molar-refractivity contribution >= 4 is 18.0 Å². The molecule has 1 aliphatic carbocycles. The topological polar surface area (TPSA) is 181 Å². The van der Waals surface area contributed by atoms with Crippen molar-refractivity contribution in [2.24, 2.45) is 17.8 Å². The Labute approximate surface area is 218 Å². The number of benzene rings is 1. The lowest BCUT2D eigenvalue weighted by molar-refractivity contribution is -0.343. The van der Waals surface area contributed by atoms with Crippen LogP contribution in [0.15, 0.2) is 48.2 Å². The number of methoxy groups -OCH3 is 1. The quantitative estimate of drug-likeness (QED) is 0.214. The van der Waals surface area contributed by atoms with Crippen LogP contribution in [-0.4, -0.2) is 100 Å². The molecule has 38 heavy (non-hydrogen) atoms. The fourth-order valence-electron chi connectivity index (χ4n) is 5.18. The predicted molar refractivity (Wildman–Crippen MR) is 127 cm³/mol. The molecule has 0 bridgehead atoms. The molecule has 0 spiro atoms. The summed E-state index contributed by atoms with van der Waals surface area (Å²) in [6.45, 7) is 1.00. The number of fused-ring (bicyclic) bond motifs is 1. The zero-order valence-electron chi connectivity index (χ0n) is 20.8. The third-order valence-corrected chi connectivity index (χ3v) is 7.26. The first-order valence-electron chi connectivity index (χ1n) is 12.2.